The second kappa shape index (κ2) is 10.8. The zero-order chi connectivity index (χ0) is 22.3. The van der Waals surface area contributed by atoms with E-state index in [1.165, 1.54) is 25.9 Å². The van der Waals surface area contributed by atoms with Gasteiger partial charge in [-0.25, -0.2) is 0 Å². The zero-order valence-electron chi connectivity index (χ0n) is 18.5. The molecule has 3 aromatic carbocycles. The Morgan fingerprint density at radius 3 is 2.22 bits per heavy atom. The Labute approximate surface area is 196 Å². The molecule has 0 radical (unpaired) electrons. The van der Waals surface area contributed by atoms with Gasteiger partial charge < -0.3 is 4.74 Å². The average Bonchev–Trinajstić information content (AvgIpc) is 3.34. The highest BCUT2D eigenvalue weighted by atomic mass is 35.5. The molecule has 1 fully saturated rings. The molecule has 0 aromatic heterocycles. The number of Topliss-reactive ketones (excluding diaryl/α,β-unsaturated/α-hetero) is 1. The van der Waals surface area contributed by atoms with Crippen molar-refractivity contribution >= 4 is 17.4 Å². The first-order chi connectivity index (χ1) is 15.6. The first-order valence-corrected chi connectivity index (χ1v) is 11.8. The molecule has 0 saturated carbocycles. The van der Waals surface area contributed by atoms with Crippen LogP contribution in [0.2, 0.25) is 5.02 Å². The summed E-state index contributed by atoms with van der Waals surface area (Å²) in [4.78, 5) is 16.1. The number of ketones is 1. The molecule has 3 aromatic rings. The van der Waals surface area contributed by atoms with Crippen molar-refractivity contribution in [2.45, 2.75) is 31.6 Å². The summed E-state index contributed by atoms with van der Waals surface area (Å²) in [7, 11) is 0. The van der Waals surface area contributed by atoms with Crippen LogP contribution in [0.5, 0.6) is 5.75 Å². The van der Waals surface area contributed by atoms with Crippen molar-refractivity contribution in [2.75, 3.05) is 26.2 Å². The lowest BCUT2D eigenvalue weighted by molar-refractivity contribution is 0.0949. The van der Waals surface area contributed by atoms with Crippen LogP contribution in [0.25, 0.3) is 0 Å². The van der Waals surface area contributed by atoms with Gasteiger partial charge >= 0.3 is 0 Å². The fourth-order valence-electron chi connectivity index (χ4n) is 4.48. The van der Waals surface area contributed by atoms with Crippen LogP contribution in [0.15, 0.2) is 78.9 Å². The topological polar surface area (TPSA) is 29.5 Å². The van der Waals surface area contributed by atoms with E-state index in [9.17, 15) is 4.79 Å². The number of carbonyl (C=O) groups excluding carboxylic acids is 1. The highest BCUT2D eigenvalue weighted by molar-refractivity contribution is 6.30. The van der Waals surface area contributed by atoms with Gasteiger partial charge in [0.15, 0.2) is 5.78 Å². The number of benzene rings is 3. The van der Waals surface area contributed by atoms with Crippen molar-refractivity contribution in [2.24, 2.45) is 0 Å². The minimum atomic E-state index is -0.278. The zero-order valence-corrected chi connectivity index (χ0v) is 19.3. The Morgan fingerprint density at radius 2 is 1.56 bits per heavy atom. The monoisotopic (exact) mass is 447 g/mol. The number of carbonyl (C=O) groups is 1. The van der Waals surface area contributed by atoms with Crippen molar-refractivity contribution in [3.05, 3.63) is 101 Å². The Balaban J connectivity index is 1.49. The molecule has 1 heterocycles. The van der Waals surface area contributed by atoms with Crippen molar-refractivity contribution in [1.82, 2.24) is 4.90 Å². The van der Waals surface area contributed by atoms with E-state index in [4.69, 9.17) is 16.3 Å². The minimum Gasteiger partial charge on any atom is -0.492 e. The van der Waals surface area contributed by atoms with Crippen molar-refractivity contribution < 1.29 is 9.53 Å². The molecule has 1 aliphatic heterocycles. The van der Waals surface area contributed by atoms with E-state index in [0.29, 0.717) is 17.2 Å². The van der Waals surface area contributed by atoms with Gasteiger partial charge in [-0.05, 0) is 79.4 Å². The van der Waals surface area contributed by atoms with E-state index in [-0.39, 0.29) is 17.6 Å². The lowest BCUT2D eigenvalue weighted by Gasteiger charge is -2.24. The highest BCUT2D eigenvalue weighted by Gasteiger charge is 2.29. The quantitative estimate of drug-likeness (QED) is 0.347. The van der Waals surface area contributed by atoms with Gasteiger partial charge in [-0.2, -0.15) is 0 Å². The summed E-state index contributed by atoms with van der Waals surface area (Å²) in [6.45, 7) is 6.07. The molecule has 0 amide bonds. The summed E-state index contributed by atoms with van der Waals surface area (Å²) in [6.07, 6.45) is 2.57. The predicted molar refractivity (Wildman–Crippen MR) is 131 cm³/mol. The first kappa shape index (κ1) is 22.6. The smallest absolute Gasteiger partial charge is 0.170 e. The second-order valence-electron chi connectivity index (χ2n) is 8.51. The van der Waals surface area contributed by atoms with E-state index in [0.717, 1.165) is 23.4 Å². The molecular formula is C28H30ClNO2. The van der Waals surface area contributed by atoms with Gasteiger partial charge in [0.1, 0.15) is 12.4 Å². The third-order valence-corrected chi connectivity index (χ3v) is 6.60. The van der Waals surface area contributed by atoms with E-state index < -0.39 is 0 Å². The molecule has 0 unspecified atom stereocenters. The molecule has 32 heavy (non-hydrogen) atoms. The largest absolute Gasteiger partial charge is 0.492 e. The lowest BCUT2D eigenvalue weighted by atomic mass is 9.78. The number of likely N-dealkylation sites (tertiary alicyclic amines) is 1. The summed E-state index contributed by atoms with van der Waals surface area (Å²) < 4.78 is 5.91. The van der Waals surface area contributed by atoms with Gasteiger partial charge in [0, 0.05) is 17.1 Å². The van der Waals surface area contributed by atoms with Crippen LogP contribution in [-0.4, -0.2) is 36.9 Å². The SMILES string of the molecule is C[C@H](c1ccc(Cl)cc1)[C@@H](C(=O)c1ccc(OCCN2CCCC2)cc1)c1ccccc1. The number of nitrogens with zero attached hydrogens (tertiary/aromatic N) is 1. The summed E-state index contributed by atoms with van der Waals surface area (Å²) in [5.74, 6) is 0.655. The highest BCUT2D eigenvalue weighted by Crippen LogP contribution is 2.36. The molecular weight excluding hydrogens is 418 g/mol. The molecule has 1 saturated heterocycles. The summed E-state index contributed by atoms with van der Waals surface area (Å²) in [5.41, 5.74) is 2.82. The van der Waals surface area contributed by atoms with Crippen LogP contribution >= 0.6 is 11.6 Å². The third-order valence-electron chi connectivity index (χ3n) is 6.35. The molecule has 3 nitrogen and oxygen atoms in total. The lowest BCUT2D eigenvalue weighted by Crippen LogP contribution is -2.25. The number of ether oxygens (including phenoxy) is 1. The van der Waals surface area contributed by atoms with Gasteiger partial charge in [-0.3, -0.25) is 9.69 Å². The molecule has 4 rings (SSSR count). The first-order valence-electron chi connectivity index (χ1n) is 11.4. The Morgan fingerprint density at radius 1 is 0.906 bits per heavy atom. The van der Waals surface area contributed by atoms with Gasteiger partial charge in [-0.15, -0.1) is 0 Å². The van der Waals surface area contributed by atoms with Crippen molar-refractivity contribution in [3.63, 3.8) is 0 Å². The molecule has 0 aliphatic carbocycles. The number of hydrogen-bond acceptors (Lipinski definition) is 3. The fourth-order valence-corrected chi connectivity index (χ4v) is 4.61. The van der Waals surface area contributed by atoms with Gasteiger partial charge in [0.25, 0.3) is 0 Å². The Kier molecular flexibility index (Phi) is 7.62. The molecule has 166 valence electrons. The Bertz CT molecular complexity index is 996. The number of hydrogen-bond donors (Lipinski definition) is 0. The number of halogens is 1. The maximum absolute atomic E-state index is 13.7. The molecule has 0 bridgehead atoms. The van der Waals surface area contributed by atoms with E-state index in [1.807, 2.05) is 78.9 Å². The van der Waals surface area contributed by atoms with E-state index in [2.05, 4.69) is 11.8 Å². The van der Waals surface area contributed by atoms with Crippen LogP contribution in [0.1, 0.15) is 53.1 Å². The average molecular weight is 448 g/mol. The van der Waals surface area contributed by atoms with Gasteiger partial charge in [-0.1, -0.05) is 61.0 Å². The second-order valence-corrected chi connectivity index (χ2v) is 8.95. The van der Waals surface area contributed by atoms with Crippen LogP contribution in [0.3, 0.4) is 0 Å². The molecule has 0 N–H and O–H groups in total. The normalized spacial score (nSPS) is 15.9. The summed E-state index contributed by atoms with van der Waals surface area (Å²) >= 11 is 6.08. The van der Waals surface area contributed by atoms with Crippen molar-refractivity contribution in [3.8, 4) is 5.75 Å². The molecule has 4 heteroatoms. The maximum atomic E-state index is 13.7. The van der Waals surface area contributed by atoms with Gasteiger partial charge in [0.2, 0.25) is 0 Å². The molecule has 2 atom stereocenters. The summed E-state index contributed by atoms with van der Waals surface area (Å²) in [6, 6.07) is 25.4. The fraction of sp³-hybridized carbons (Fsp3) is 0.321. The van der Waals surface area contributed by atoms with Crippen molar-refractivity contribution in [1.29, 1.82) is 0 Å². The Hall–Kier alpha value is -2.62. The van der Waals surface area contributed by atoms with Gasteiger partial charge in [0.05, 0.1) is 5.92 Å². The molecule has 0 spiro atoms. The maximum Gasteiger partial charge on any atom is 0.170 e. The standard InChI is InChI=1S/C28H30ClNO2/c1-21(22-9-13-25(29)14-10-22)27(23-7-3-2-4-8-23)28(31)24-11-15-26(16-12-24)32-20-19-30-17-5-6-18-30/h2-4,7-16,21,27H,5-6,17-20H2,1H3/t21-,27-/m1/s1. The van der Waals surface area contributed by atoms with E-state index >= 15 is 0 Å². The van der Waals surface area contributed by atoms with Crippen LogP contribution in [0, 0.1) is 0 Å². The third kappa shape index (κ3) is 5.59. The summed E-state index contributed by atoms with van der Waals surface area (Å²) in [5, 5.41) is 0.698. The molecule has 1 aliphatic rings. The van der Waals surface area contributed by atoms with Crippen LogP contribution in [0.4, 0.5) is 0 Å². The van der Waals surface area contributed by atoms with Crippen LogP contribution in [-0.2, 0) is 0 Å². The minimum absolute atomic E-state index is 0.0126. The predicted octanol–water partition coefficient (Wildman–Crippen LogP) is 6.58. The van der Waals surface area contributed by atoms with E-state index in [1.54, 1.807) is 0 Å². The number of rotatable bonds is 9. The van der Waals surface area contributed by atoms with Crippen LogP contribution < -0.4 is 4.74 Å².